The highest BCUT2D eigenvalue weighted by atomic mass is 35.5. The zero-order valence-electron chi connectivity index (χ0n) is 16.8. The van der Waals surface area contributed by atoms with Gasteiger partial charge in [0.05, 0.1) is 15.6 Å². The summed E-state index contributed by atoms with van der Waals surface area (Å²) in [6.07, 6.45) is -0.358. The van der Waals surface area contributed by atoms with Crippen molar-refractivity contribution in [2.24, 2.45) is 0 Å². The van der Waals surface area contributed by atoms with Crippen molar-refractivity contribution in [3.63, 3.8) is 0 Å². The van der Waals surface area contributed by atoms with Crippen molar-refractivity contribution >= 4 is 62.1 Å². The normalized spacial score (nSPS) is 12.1. The average molecular weight is 514 g/mol. The summed E-state index contributed by atoms with van der Waals surface area (Å²) in [5.74, 6) is 0.0273. The Bertz CT molecular complexity index is 1200. The van der Waals surface area contributed by atoms with Gasteiger partial charge in [0.25, 0.3) is 15.9 Å². The molecule has 1 atom stereocenters. The third-order valence-corrected chi connectivity index (χ3v) is 6.46. The molecule has 0 aromatic heterocycles. The fourth-order valence-corrected chi connectivity index (χ4v) is 4.53. The van der Waals surface area contributed by atoms with Gasteiger partial charge in [-0.2, -0.15) is 0 Å². The number of para-hydroxylation sites is 1. The Labute approximate surface area is 201 Å². The van der Waals surface area contributed by atoms with Gasteiger partial charge >= 0.3 is 0 Å². The predicted octanol–water partition coefficient (Wildman–Crippen LogP) is 6.24. The number of halogens is 3. The second kappa shape index (κ2) is 10.4. The molecule has 0 saturated carbocycles. The van der Waals surface area contributed by atoms with E-state index in [4.69, 9.17) is 39.5 Å². The first-order chi connectivity index (χ1) is 15.2. The van der Waals surface area contributed by atoms with Gasteiger partial charge in [-0.05, 0) is 61.0 Å². The topological polar surface area (TPSA) is 84.5 Å². The summed E-state index contributed by atoms with van der Waals surface area (Å²) in [5.41, 5.74) is 0.656. The van der Waals surface area contributed by atoms with Crippen molar-refractivity contribution in [1.82, 2.24) is 0 Å². The summed E-state index contributed by atoms with van der Waals surface area (Å²) in [6.45, 7) is 1.81. The largest absolute Gasteiger partial charge is 0.479 e. The molecule has 1 amide bonds. The Morgan fingerprint density at radius 3 is 2.16 bits per heavy atom. The maximum absolute atomic E-state index is 12.6. The summed E-state index contributed by atoms with van der Waals surface area (Å²) in [5, 5.41) is 3.73. The van der Waals surface area contributed by atoms with E-state index in [0.29, 0.717) is 32.9 Å². The Hall–Kier alpha value is -2.45. The number of hydrogen-bond acceptors (Lipinski definition) is 4. The minimum Gasteiger partial charge on any atom is -0.479 e. The van der Waals surface area contributed by atoms with E-state index in [1.54, 1.807) is 24.3 Å². The summed E-state index contributed by atoms with van der Waals surface area (Å²) < 4.78 is 33.4. The van der Waals surface area contributed by atoms with Crippen LogP contribution in [0.1, 0.15) is 13.3 Å². The van der Waals surface area contributed by atoms with Gasteiger partial charge in [0.1, 0.15) is 5.75 Å². The number of benzene rings is 3. The molecule has 0 unspecified atom stereocenters. The van der Waals surface area contributed by atoms with E-state index < -0.39 is 16.1 Å². The second-order valence-electron chi connectivity index (χ2n) is 6.72. The molecule has 0 aliphatic carbocycles. The van der Waals surface area contributed by atoms with Gasteiger partial charge in [-0.3, -0.25) is 9.52 Å². The lowest BCUT2D eigenvalue weighted by Crippen LogP contribution is -2.32. The number of hydrogen-bond donors (Lipinski definition) is 2. The number of carbonyl (C=O) groups excluding carboxylic acids is 1. The maximum atomic E-state index is 12.6. The minimum atomic E-state index is -3.88. The van der Waals surface area contributed by atoms with Crippen LogP contribution in [0.25, 0.3) is 0 Å². The first-order valence-electron chi connectivity index (χ1n) is 9.49. The summed E-state index contributed by atoms with van der Waals surface area (Å²) in [6, 6.07) is 17.0. The van der Waals surface area contributed by atoms with Crippen LogP contribution in [0.5, 0.6) is 5.75 Å². The van der Waals surface area contributed by atoms with Crippen molar-refractivity contribution in [3.8, 4) is 5.75 Å². The molecule has 3 aromatic carbocycles. The van der Waals surface area contributed by atoms with E-state index in [1.165, 1.54) is 42.5 Å². The van der Waals surface area contributed by atoms with Crippen molar-refractivity contribution in [2.75, 3.05) is 10.0 Å². The molecule has 6 nitrogen and oxygen atoms in total. The molecule has 0 aliphatic rings. The van der Waals surface area contributed by atoms with E-state index in [-0.39, 0.29) is 16.5 Å². The monoisotopic (exact) mass is 512 g/mol. The van der Waals surface area contributed by atoms with Crippen LogP contribution in [0.2, 0.25) is 15.1 Å². The fourth-order valence-electron chi connectivity index (χ4n) is 2.78. The Balaban J connectivity index is 1.69. The molecular weight excluding hydrogens is 495 g/mol. The Morgan fingerprint density at radius 1 is 0.938 bits per heavy atom. The molecule has 3 rings (SSSR count). The number of amides is 1. The van der Waals surface area contributed by atoms with Crippen LogP contribution in [-0.2, 0) is 14.8 Å². The molecule has 0 spiro atoms. The van der Waals surface area contributed by atoms with Crippen molar-refractivity contribution < 1.29 is 17.9 Å². The van der Waals surface area contributed by atoms with Gasteiger partial charge < -0.3 is 10.1 Å². The van der Waals surface area contributed by atoms with Gasteiger partial charge in [-0.1, -0.05) is 53.9 Å². The lowest BCUT2D eigenvalue weighted by Gasteiger charge is -2.18. The number of ether oxygens (including phenoxy) is 1. The van der Waals surface area contributed by atoms with Crippen molar-refractivity contribution in [1.29, 1.82) is 0 Å². The molecule has 0 aliphatic heterocycles. The summed E-state index contributed by atoms with van der Waals surface area (Å²) in [4.78, 5) is 12.6. The maximum Gasteiger partial charge on any atom is 0.265 e. The average Bonchev–Trinajstić information content (AvgIpc) is 2.72. The number of sulfonamides is 1. The summed E-state index contributed by atoms with van der Waals surface area (Å²) >= 11 is 17.9. The Kier molecular flexibility index (Phi) is 7.90. The van der Waals surface area contributed by atoms with Crippen molar-refractivity contribution in [3.05, 3.63) is 81.8 Å². The molecule has 0 fully saturated rings. The molecule has 0 radical (unpaired) electrons. The summed E-state index contributed by atoms with van der Waals surface area (Å²) in [7, 11) is -3.88. The van der Waals surface area contributed by atoms with Gasteiger partial charge in [0.2, 0.25) is 0 Å². The third kappa shape index (κ3) is 6.29. The zero-order chi connectivity index (χ0) is 23.3. The first kappa shape index (κ1) is 24.2. The van der Waals surface area contributed by atoms with E-state index in [0.717, 1.165) is 0 Å². The van der Waals surface area contributed by atoms with E-state index >= 15 is 0 Å². The molecule has 2 N–H and O–H groups in total. The Morgan fingerprint density at radius 2 is 1.56 bits per heavy atom. The molecule has 168 valence electrons. The lowest BCUT2D eigenvalue weighted by molar-refractivity contribution is -0.122. The highest BCUT2D eigenvalue weighted by Gasteiger charge is 2.20. The lowest BCUT2D eigenvalue weighted by atomic mass is 10.2. The van der Waals surface area contributed by atoms with Crippen LogP contribution in [-0.4, -0.2) is 20.4 Å². The van der Waals surface area contributed by atoms with Gasteiger partial charge in [-0.25, -0.2) is 8.42 Å². The van der Waals surface area contributed by atoms with Crippen LogP contribution in [0.3, 0.4) is 0 Å². The smallest absolute Gasteiger partial charge is 0.265 e. The molecule has 0 bridgehead atoms. The van der Waals surface area contributed by atoms with Crippen LogP contribution >= 0.6 is 34.8 Å². The quantitative estimate of drug-likeness (QED) is 0.373. The van der Waals surface area contributed by atoms with Crippen LogP contribution < -0.4 is 14.8 Å². The SMILES string of the molecule is CC[C@H](Oc1ccccc1Cl)C(=O)Nc1ccc(S(=O)(=O)Nc2cc(Cl)cc(Cl)c2)cc1. The molecule has 0 heterocycles. The zero-order valence-corrected chi connectivity index (χ0v) is 19.9. The predicted molar refractivity (Wildman–Crippen MR) is 129 cm³/mol. The van der Waals surface area contributed by atoms with Gasteiger partial charge in [0.15, 0.2) is 6.10 Å². The van der Waals surface area contributed by atoms with E-state index in [2.05, 4.69) is 10.0 Å². The number of rotatable bonds is 8. The standard InChI is InChI=1S/C22H19Cl3N2O4S/c1-2-20(31-21-6-4-3-5-19(21)25)22(28)26-16-7-9-18(10-8-16)32(29,30)27-17-12-14(23)11-15(24)13-17/h3-13,20,27H,2H2,1H3,(H,26,28)/t20-/m0/s1. The number of nitrogens with one attached hydrogen (secondary N) is 2. The molecule has 3 aromatic rings. The van der Waals surface area contributed by atoms with Crippen LogP contribution in [0, 0.1) is 0 Å². The molecule has 10 heteroatoms. The highest BCUT2D eigenvalue weighted by Crippen LogP contribution is 2.26. The third-order valence-electron chi connectivity index (χ3n) is 4.32. The number of anilines is 2. The molecule has 0 saturated heterocycles. The second-order valence-corrected chi connectivity index (χ2v) is 9.68. The highest BCUT2D eigenvalue weighted by molar-refractivity contribution is 7.92. The van der Waals surface area contributed by atoms with Crippen LogP contribution in [0.15, 0.2) is 71.6 Å². The molecular formula is C22H19Cl3N2O4S. The minimum absolute atomic E-state index is 0.00551. The van der Waals surface area contributed by atoms with E-state index in [9.17, 15) is 13.2 Å². The fraction of sp³-hybridized carbons (Fsp3) is 0.136. The van der Waals surface area contributed by atoms with Crippen LogP contribution in [0.4, 0.5) is 11.4 Å². The van der Waals surface area contributed by atoms with Gasteiger partial charge in [-0.15, -0.1) is 0 Å². The van der Waals surface area contributed by atoms with Gasteiger partial charge in [0, 0.05) is 15.7 Å². The first-order valence-corrected chi connectivity index (χ1v) is 12.1. The molecule has 32 heavy (non-hydrogen) atoms. The van der Waals surface area contributed by atoms with E-state index in [1.807, 2.05) is 6.92 Å². The van der Waals surface area contributed by atoms with Crippen molar-refractivity contribution in [2.45, 2.75) is 24.3 Å². The number of carbonyl (C=O) groups is 1.